The second kappa shape index (κ2) is 7.62. The molecule has 0 aliphatic carbocycles. The molecule has 0 unspecified atom stereocenters. The van der Waals surface area contributed by atoms with Crippen LogP contribution >= 0.6 is 0 Å². The molecule has 0 bridgehead atoms. The van der Waals surface area contributed by atoms with Crippen LogP contribution in [0.2, 0.25) is 0 Å². The first-order valence-electron chi connectivity index (χ1n) is 6.67. The summed E-state index contributed by atoms with van der Waals surface area (Å²) in [6, 6.07) is 11.9. The second-order valence-electron chi connectivity index (χ2n) is 4.50. The minimum Gasteiger partial charge on any atom is -0.457 e. The number of hydrogen-bond donors (Lipinski definition) is 1. The molecule has 0 spiro atoms. The van der Waals surface area contributed by atoms with Crippen molar-refractivity contribution in [3.05, 3.63) is 53.9 Å². The summed E-state index contributed by atoms with van der Waals surface area (Å²) in [7, 11) is 3.61. The number of nitrogens with zero attached hydrogens (tertiary/aromatic N) is 1. The standard InChI is InChI=1S/C16H20N2O2/c1-17-12-14-11-16(7-9-18-14)20-15-5-3-13(4-6-15)8-10-19-2/h3-7,9,11,17H,8,10,12H2,1-2H3. The fourth-order valence-corrected chi connectivity index (χ4v) is 1.88. The number of hydrogen-bond acceptors (Lipinski definition) is 4. The van der Waals surface area contributed by atoms with Gasteiger partial charge in [-0.05, 0) is 37.2 Å². The monoisotopic (exact) mass is 272 g/mol. The molecule has 1 heterocycles. The van der Waals surface area contributed by atoms with Crippen LogP contribution in [0.1, 0.15) is 11.3 Å². The van der Waals surface area contributed by atoms with Crippen LogP contribution in [0.3, 0.4) is 0 Å². The third-order valence-electron chi connectivity index (χ3n) is 2.90. The summed E-state index contributed by atoms with van der Waals surface area (Å²) in [5.41, 5.74) is 2.20. The van der Waals surface area contributed by atoms with Gasteiger partial charge in [0.2, 0.25) is 0 Å². The summed E-state index contributed by atoms with van der Waals surface area (Å²) in [4.78, 5) is 4.26. The molecule has 0 saturated heterocycles. The predicted molar refractivity (Wildman–Crippen MR) is 79.1 cm³/mol. The van der Waals surface area contributed by atoms with Crippen LogP contribution in [0.4, 0.5) is 0 Å². The van der Waals surface area contributed by atoms with Gasteiger partial charge in [0.05, 0.1) is 12.3 Å². The van der Waals surface area contributed by atoms with Gasteiger partial charge < -0.3 is 14.8 Å². The maximum Gasteiger partial charge on any atom is 0.130 e. The summed E-state index contributed by atoms with van der Waals surface area (Å²) in [6.45, 7) is 1.46. The third-order valence-corrected chi connectivity index (χ3v) is 2.90. The second-order valence-corrected chi connectivity index (χ2v) is 4.50. The highest BCUT2D eigenvalue weighted by Gasteiger charge is 2.00. The van der Waals surface area contributed by atoms with Gasteiger partial charge in [-0.2, -0.15) is 0 Å². The van der Waals surface area contributed by atoms with E-state index >= 15 is 0 Å². The van der Waals surface area contributed by atoms with E-state index in [1.54, 1.807) is 13.3 Å². The zero-order chi connectivity index (χ0) is 14.2. The maximum absolute atomic E-state index is 5.83. The van der Waals surface area contributed by atoms with Gasteiger partial charge in [0.1, 0.15) is 11.5 Å². The molecule has 0 saturated carbocycles. The molecule has 0 fully saturated rings. The normalized spacial score (nSPS) is 10.5. The van der Waals surface area contributed by atoms with E-state index < -0.39 is 0 Å². The Labute approximate surface area is 119 Å². The van der Waals surface area contributed by atoms with Gasteiger partial charge in [0, 0.05) is 25.9 Å². The Morgan fingerprint density at radius 1 is 1.10 bits per heavy atom. The highest BCUT2D eigenvalue weighted by Crippen LogP contribution is 2.22. The molecule has 1 aromatic heterocycles. The van der Waals surface area contributed by atoms with E-state index in [2.05, 4.69) is 22.4 Å². The van der Waals surface area contributed by atoms with Crippen molar-refractivity contribution >= 4 is 0 Å². The van der Waals surface area contributed by atoms with E-state index in [1.807, 2.05) is 31.3 Å². The largest absolute Gasteiger partial charge is 0.457 e. The summed E-state index contributed by atoms with van der Waals surface area (Å²) in [5.74, 6) is 1.63. The van der Waals surface area contributed by atoms with Crippen LogP contribution in [0, 0.1) is 0 Å². The van der Waals surface area contributed by atoms with Crippen molar-refractivity contribution < 1.29 is 9.47 Å². The van der Waals surface area contributed by atoms with Crippen LogP contribution in [0.5, 0.6) is 11.5 Å². The molecule has 2 aromatic rings. The lowest BCUT2D eigenvalue weighted by Crippen LogP contribution is -2.06. The minimum absolute atomic E-state index is 0.729. The first-order valence-corrected chi connectivity index (χ1v) is 6.67. The van der Waals surface area contributed by atoms with Crippen molar-refractivity contribution in [2.45, 2.75) is 13.0 Å². The molecule has 2 rings (SSSR count). The van der Waals surface area contributed by atoms with Crippen molar-refractivity contribution in [3.63, 3.8) is 0 Å². The third kappa shape index (κ3) is 4.33. The highest BCUT2D eigenvalue weighted by atomic mass is 16.5. The van der Waals surface area contributed by atoms with Gasteiger partial charge in [0.25, 0.3) is 0 Å². The van der Waals surface area contributed by atoms with Crippen molar-refractivity contribution in [3.8, 4) is 11.5 Å². The van der Waals surface area contributed by atoms with Crippen molar-refractivity contribution in [2.75, 3.05) is 20.8 Å². The van der Waals surface area contributed by atoms with E-state index in [0.29, 0.717) is 0 Å². The molecule has 4 heteroatoms. The lowest BCUT2D eigenvalue weighted by Gasteiger charge is -2.08. The van der Waals surface area contributed by atoms with Crippen molar-refractivity contribution in [2.24, 2.45) is 0 Å². The quantitative estimate of drug-likeness (QED) is 0.841. The molecular weight excluding hydrogens is 252 g/mol. The van der Waals surface area contributed by atoms with E-state index in [-0.39, 0.29) is 0 Å². The lowest BCUT2D eigenvalue weighted by atomic mass is 10.1. The summed E-state index contributed by atoms with van der Waals surface area (Å²) in [5, 5.41) is 3.07. The average Bonchev–Trinajstić information content (AvgIpc) is 2.47. The summed E-state index contributed by atoms with van der Waals surface area (Å²) >= 11 is 0. The Morgan fingerprint density at radius 2 is 1.90 bits per heavy atom. The molecule has 106 valence electrons. The number of aromatic nitrogens is 1. The molecule has 20 heavy (non-hydrogen) atoms. The maximum atomic E-state index is 5.83. The van der Waals surface area contributed by atoms with E-state index in [1.165, 1.54) is 5.56 Å². The molecule has 4 nitrogen and oxygen atoms in total. The Kier molecular flexibility index (Phi) is 5.53. The van der Waals surface area contributed by atoms with Gasteiger partial charge in [-0.3, -0.25) is 4.98 Å². The van der Waals surface area contributed by atoms with Crippen LogP contribution < -0.4 is 10.1 Å². The number of benzene rings is 1. The van der Waals surface area contributed by atoms with Crippen LogP contribution in [-0.4, -0.2) is 25.7 Å². The SMILES string of the molecule is CNCc1cc(Oc2ccc(CCOC)cc2)ccn1. The van der Waals surface area contributed by atoms with Crippen LogP contribution in [0.15, 0.2) is 42.6 Å². The zero-order valence-electron chi connectivity index (χ0n) is 11.9. The van der Waals surface area contributed by atoms with Gasteiger partial charge in [-0.15, -0.1) is 0 Å². The Morgan fingerprint density at radius 3 is 2.60 bits per heavy atom. The molecular formula is C16H20N2O2. The van der Waals surface area contributed by atoms with E-state index in [4.69, 9.17) is 9.47 Å². The number of ether oxygens (including phenoxy) is 2. The summed E-state index contributed by atoms with van der Waals surface area (Å²) < 4.78 is 10.9. The Bertz CT molecular complexity index is 526. The Balaban J connectivity index is 2.00. The van der Waals surface area contributed by atoms with Crippen LogP contribution in [-0.2, 0) is 17.7 Å². The molecule has 0 radical (unpaired) electrons. The molecule has 0 aliphatic rings. The topological polar surface area (TPSA) is 43.4 Å². The fraction of sp³-hybridized carbons (Fsp3) is 0.312. The predicted octanol–water partition coefficient (Wildman–Crippen LogP) is 2.78. The van der Waals surface area contributed by atoms with Crippen molar-refractivity contribution in [1.82, 2.24) is 10.3 Å². The molecule has 1 aromatic carbocycles. The first kappa shape index (κ1) is 14.5. The number of rotatable bonds is 7. The highest BCUT2D eigenvalue weighted by molar-refractivity contribution is 5.33. The van der Waals surface area contributed by atoms with E-state index in [9.17, 15) is 0 Å². The molecule has 1 N–H and O–H groups in total. The molecule has 0 amide bonds. The van der Waals surface area contributed by atoms with Gasteiger partial charge in [0.15, 0.2) is 0 Å². The zero-order valence-corrected chi connectivity index (χ0v) is 11.9. The van der Waals surface area contributed by atoms with Crippen LogP contribution in [0.25, 0.3) is 0 Å². The lowest BCUT2D eigenvalue weighted by molar-refractivity contribution is 0.202. The Hall–Kier alpha value is -1.91. The summed E-state index contributed by atoms with van der Waals surface area (Å²) in [6.07, 6.45) is 2.67. The first-order chi connectivity index (χ1) is 9.81. The van der Waals surface area contributed by atoms with Crippen molar-refractivity contribution in [1.29, 1.82) is 0 Å². The van der Waals surface area contributed by atoms with Gasteiger partial charge >= 0.3 is 0 Å². The van der Waals surface area contributed by atoms with E-state index in [0.717, 1.165) is 36.8 Å². The number of pyridine rings is 1. The smallest absolute Gasteiger partial charge is 0.130 e. The average molecular weight is 272 g/mol. The van der Waals surface area contributed by atoms with Gasteiger partial charge in [-0.1, -0.05) is 12.1 Å². The van der Waals surface area contributed by atoms with Gasteiger partial charge in [-0.25, -0.2) is 0 Å². The molecule has 0 atom stereocenters. The minimum atomic E-state index is 0.729. The number of nitrogens with one attached hydrogen (secondary N) is 1. The number of methoxy groups -OCH3 is 1. The fourth-order valence-electron chi connectivity index (χ4n) is 1.88. The molecule has 0 aliphatic heterocycles.